The third-order valence-electron chi connectivity index (χ3n) is 17.8. The van der Waals surface area contributed by atoms with E-state index < -0.39 is 124 Å². The highest BCUT2D eigenvalue weighted by Crippen LogP contribution is 2.33. The van der Waals surface area contributed by atoms with Gasteiger partial charge >= 0.3 is 0 Å². The molecule has 1 amide bonds. The van der Waals surface area contributed by atoms with E-state index in [0.717, 1.165) is 116 Å². The zero-order valence-electron chi connectivity index (χ0n) is 59.0. The van der Waals surface area contributed by atoms with E-state index in [1.54, 1.807) is 6.08 Å². The first-order valence-electron chi connectivity index (χ1n) is 37.3. The lowest BCUT2D eigenvalue weighted by atomic mass is 9.96. The third kappa shape index (κ3) is 38.7. The van der Waals surface area contributed by atoms with E-state index in [1.807, 2.05) is 6.08 Å². The van der Waals surface area contributed by atoms with Crippen LogP contribution in [-0.2, 0) is 33.2 Å². The van der Waals surface area contributed by atoms with Gasteiger partial charge in [0.1, 0.15) is 73.2 Å². The maximum atomic E-state index is 13.4. The summed E-state index contributed by atoms with van der Waals surface area (Å²) in [4.78, 5) is 13.4. The summed E-state index contributed by atoms with van der Waals surface area (Å²) in [5, 5.41) is 121. The number of carbonyl (C=O) groups is 1. The van der Waals surface area contributed by atoms with Crippen LogP contribution in [0.4, 0.5) is 0 Å². The van der Waals surface area contributed by atoms with Gasteiger partial charge in [0.05, 0.1) is 38.6 Å². The maximum absolute atomic E-state index is 13.4. The van der Waals surface area contributed by atoms with Crippen molar-refractivity contribution in [3.05, 3.63) is 122 Å². The number of rotatable bonds is 56. The number of amides is 1. The van der Waals surface area contributed by atoms with E-state index in [0.29, 0.717) is 6.42 Å². The number of ether oxygens (including phenoxy) is 6. The van der Waals surface area contributed by atoms with Crippen molar-refractivity contribution in [2.24, 2.45) is 0 Å². The number of carbonyl (C=O) groups excluding carboxylic acids is 1. The molecule has 3 saturated heterocycles. The summed E-state index contributed by atoms with van der Waals surface area (Å²) in [6.45, 7) is 1.60. The van der Waals surface area contributed by atoms with Gasteiger partial charge in [-0.1, -0.05) is 257 Å². The molecule has 97 heavy (non-hydrogen) atoms. The minimum Gasteiger partial charge on any atom is -0.394 e. The van der Waals surface area contributed by atoms with Gasteiger partial charge in [0.25, 0.3) is 0 Å². The van der Waals surface area contributed by atoms with Gasteiger partial charge in [0.2, 0.25) is 5.91 Å². The summed E-state index contributed by atoms with van der Waals surface area (Å²) in [7, 11) is 0. The van der Waals surface area contributed by atoms with Crippen molar-refractivity contribution in [1.29, 1.82) is 0 Å². The molecular weight excluding hydrogens is 1240 g/mol. The van der Waals surface area contributed by atoms with Crippen LogP contribution in [-0.4, -0.2) is 193 Å². The van der Waals surface area contributed by atoms with Crippen LogP contribution in [0.2, 0.25) is 0 Å². The Hall–Kier alpha value is -3.81. The summed E-state index contributed by atoms with van der Waals surface area (Å²) >= 11 is 0. The average Bonchev–Trinajstić information content (AvgIpc) is 0.789. The molecule has 12 N–H and O–H groups in total. The fourth-order valence-electron chi connectivity index (χ4n) is 11.8. The Bertz CT molecular complexity index is 2230. The number of nitrogens with one attached hydrogen (secondary N) is 1. The molecule has 0 spiro atoms. The summed E-state index contributed by atoms with van der Waals surface area (Å²) in [5.74, 6) is -0.287. The molecule has 0 aliphatic carbocycles. The monoisotopic (exact) mass is 1370 g/mol. The molecule has 0 saturated carbocycles. The normalized spacial score (nSPS) is 27.6. The van der Waals surface area contributed by atoms with E-state index in [9.17, 15) is 61.0 Å². The number of unbranched alkanes of at least 4 members (excludes halogenated alkanes) is 22. The molecule has 3 aliphatic heterocycles. The van der Waals surface area contributed by atoms with E-state index in [-0.39, 0.29) is 18.9 Å². The summed E-state index contributed by atoms with van der Waals surface area (Å²) in [6.07, 6.45) is 53.2. The van der Waals surface area contributed by atoms with Crippen LogP contribution in [0.1, 0.15) is 232 Å². The highest BCUT2D eigenvalue weighted by Gasteiger charge is 2.53. The Morgan fingerprint density at radius 2 is 0.711 bits per heavy atom. The average molecular weight is 1370 g/mol. The molecule has 17 unspecified atom stereocenters. The van der Waals surface area contributed by atoms with Crippen molar-refractivity contribution in [3.63, 3.8) is 0 Å². The Labute approximate surface area is 582 Å². The predicted octanol–water partition coefficient (Wildman–Crippen LogP) is 11.2. The van der Waals surface area contributed by atoms with Gasteiger partial charge in [0, 0.05) is 6.42 Å². The number of hydrogen-bond donors (Lipinski definition) is 12. The van der Waals surface area contributed by atoms with Crippen molar-refractivity contribution in [1.82, 2.24) is 5.32 Å². The second kappa shape index (κ2) is 57.8. The van der Waals surface area contributed by atoms with Crippen molar-refractivity contribution >= 4 is 5.91 Å². The molecule has 0 radical (unpaired) electrons. The molecule has 3 heterocycles. The highest BCUT2D eigenvalue weighted by atomic mass is 16.8. The van der Waals surface area contributed by atoms with E-state index >= 15 is 0 Å². The second-order valence-electron chi connectivity index (χ2n) is 26.0. The Morgan fingerprint density at radius 3 is 1.11 bits per heavy atom. The molecular formula is C78H131NO18. The summed E-state index contributed by atoms with van der Waals surface area (Å²) in [5.41, 5.74) is 0. The van der Waals surface area contributed by atoms with Gasteiger partial charge in [-0.25, -0.2) is 0 Å². The van der Waals surface area contributed by atoms with Crippen LogP contribution in [0.5, 0.6) is 0 Å². The summed E-state index contributed by atoms with van der Waals surface area (Å²) < 4.78 is 34.4. The van der Waals surface area contributed by atoms with Crippen LogP contribution >= 0.6 is 0 Å². The lowest BCUT2D eigenvalue weighted by Crippen LogP contribution is -2.66. The number of hydrogen-bond acceptors (Lipinski definition) is 18. The molecule has 0 aromatic rings. The van der Waals surface area contributed by atoms with Crippen molar-refractivity contribution in [2.75, 3.05) is 26.4 Å². The Balaban J connectivity index is 1.36. The quantitative estimate of drug-likeness (QED) is 0.0199. The van der Waals surface area contributed by atoms with Gasteiger partial charge in [-0.2, -0.15) is 0 Å². The van der Waals surface area contributed by atoms with Crippen LogP contribution in [0.3, 0.4) is 0 Å². The van der Waals surface area contributed by atoms with Gasteiger partial charge in [-0.15, -0.1) is 0 Å². The van der Waals surface area contributed by atoms with Crippen LogP contribution < -0.4 is 5.32 Å². The topological polar surface area (TPSA) is 307 Å². The van der Waals surface area contributed by atoms with Crippen molar-refractivity contribution in [2.45, 2.75) is 336 Å². The third-order valence-corrected chi connectivity index (χ3v) is 17.8. The highest BCUT2D eigenvalue weighted by molar-refractivity contribution is 5.76. The van der Waals surface area contributed by atoms with Crippen LogP contribution in [0.15, 0.2) is 122 Å². The van der Waals surface area contributed by atoms with Crippen molar-refractivity contribution in [3.8, 4) is 0 Å². The maximum Gasteiger partial charge on any atom is 0.220 e. The van der Waals surface area contributed by atoms with Crippen molar-refractivity contribution < 1.29 is 89.4 Å². The molecule has 19 heteroatoms. The van der Waals surface area contributed by atoms with Gasteiger partial charge < -0.3 is 89.9 Å². The van der Waals surface area contributed by atoms with Gasteiger partial charge in [-0.3, -0.25) is 4.79 Å². The van der Waals surface area contributed by atoms with Gasteiger partial charge in [-0.05, 0) is 89.9 Å². The minimum absolute atomic E-state index is 0.229. The molecule has 3 fully saturated rings. The summed E-state index contributed by atoms with van der Waals surface area (Å²) in [6, 6.07) is -0.985. The smallest absolute Gasteiger partial charge is 0.220 e. The molecule has 0 aromatic heterocycles. The minimum atomic E-state index is -1.98. The zero-order valence-corrected chi connectivity index (χ0v) is 59.0. The first-order valence-corrected chi connectivity index (χ1v) is 37.3. The standard InChI is InChI=1S/C78H131NO18/c1-3-5-7-9-11-13-15-17-19-20-21-22-23-24-25-26-27-28-29-30-31-32-33-34-35-36-37-38-39-40-42-44-46-48-50-52-54-56-66(84)79-61(62(83)55-53-51-49-47-45-43-41-18-16-14-12-10-8-6-4-2)60-92-76-72(90)69(87)74(64(58-81)94-76)97-78-73(91)70(88)75(65(59-82)95-78)96-77-71(89)68(86)67(85)63(57-80)93-77/h5,7,11,13,17,19,21-22,24-25,27-28,30-31,33-34,36-37,53,55,61-65,67-78,80-83,85-91H,3-4,6,8-10,12,14-16,18,20,23,26,29,32,35,38-52,54,56-60H2,1-2H3,(H,79,84)/b7-5-,13-11-,19-17-,22-21-,25-24-,28-27-,31-30-,34-33-,37-36-,55-53+. The fourth-order valence-corrected chi connectivity index (χ4v) is 11.8. The largest absolute Gasteiger partial charge is 0.394 e. The number of aliphatic hydroxyl groups excluding tert-OH is 11. The van der Waals surface area contributed by atoms with E-state index in [2.05, 4.69) is 129 Å². The molecule has 3 aliphatic rings. The molecule has 0 aromatic carbocycles. The fraction of sp³-hybridized carbons (Fsp3) is 0.731. The zero-order chi connectivity index (χ0) is 70.4. The van der Waals surface area contributed by atoms with Gasteiger partial charge in [0.15, 0.2) is 18.9 Å². The predicted molar refractivity (Wildman–Crippen MR) is 383 cm³/mol. The molecule has 0 bridgehead atoms. The first kappa shape index (κ1) is 87.4. The molecule has 19 nitrogen and oxygen atoms in total. The number of allylic oxidation sites excluding steroid dienone is 19. The van der Waals surface area contributed by atoms with E-state index in [1.165, 1.54) is 89.9 Å². The lowest BCUT2D eigenvalue weighted by molar-refractivity contribution is -0.379. The molecule has 556 valence electrons. The van der Waals surface area contributed by atoms with Crippen LogP contribution in [0.25, 0.3) is 0 Å². The Morgan fingerprint density at radius 1 is 0.381 bits per heavy atom. The van der Waals surface area contributed by atoms with Crippen LogP contribution in [0, 0.1) is 0 Å². The molecule has 17 atom stereocenters. The second-order valence-corrected chi connectivity index (χ2v) is 26.0. The number of aliphatic hydroxyl groups is 11. The lowest BCUT2D eigenvalue weighted by Gasteiger charge is -2.48. The SMILES string of the molecule is CC/C=C\C/C=C\C/C=C\C/C=C\C/C=C\C/C=C\C/C=C\C/C=C\C/C=C\CCCCCCCCCCCC(=O)NC(COC1OC(CO)C(OC2OC(CO)C(OC3OC(CO)C(O)C(O)C3O)C(O)C2O)C(O)C1O)C(O)/C=C/CCCCCCCCCCCCCCC. The molecule has 3 rings (SSSR count). The van der Waals surface area contributed by atoms with E-state index in [4.69, 9.17) is 28.4 Å². The first-order chi connectivity index (χ1) is 47.3. The Kier molecular flexibility index (Phi) is 52.1.